The molecule has 3 aromatic rings. The van der Waals surface area contributed by atoms with Crippen LogP contribution in [0.4, 0.5) is 10.1 Å². The second-order valence-corrected chi connectivity index (χ2v) is 6.85. The minimum Gasteiger partial charge on any atom is -0.398 e. The fraction of sp³-hybridized carbons (Fsp3) is 0.125. The maximum Gasteiger partial charge on any atom is 0.268 e. The van der Waals surface area contributed by atoms with Crippen molar-refractivity contribution in [2.24, 2.45) is 0 Å². The first-order valence-corrected chi connectivity index (χ1v) is 8.28. The van der Waals surface area contributed by atoms with Crippen LogP contribution in [0.2, 0.25) is 0 Å². The first-order chi connectivity index (χ1) is 10.4. The highest BCUT2D eigenvalue weighted by atomic mass is 32.2. The van der Waals surface area contributed by atoms with Crippen LogP contribution in [0.15, 0.2) is 53.6 Å². The van der Waals surface area contributed by atoms with E-state index in [-0.39, 0.29) is 4.90 Å². The molecule has 0 fully saturated rings. The molecule has 0 bridgehead atoms. The van der Waals surface area contributed by atoms with Crippen LogP contribution in [-0.2, 0) is 16.4 Å². The molecule has 6 heteroatoms. The number of nitrogens with two attached hydrogens (primary N) is 1. The summed E-state index contributed by atoms with van der Waals surface area (Å²) in [6.45, 7) is 1.95. The van der Waals surface area contributed by atoms with Gasteiger partial charge in [0, 0.05) is 17.3 Å². The van der Waals surface area contributed by atoms with E-state index in [9.17, 15) is 12.8 Å². The summed E-state index contributed by atoms with van der Waals surface area (Å²) in [7, 11) is -3.77. The summed E-state index contributed by atoms with van der Waals surface area (Å²) in [6.07, 6.45) is 2.15. The average molecular weight is 318 g/mol. The lowest BCUT2D eigenvalue weighted by Crippen LogP contribution is -2.12. The molecular formula is C16H15FN2O2S. The maximum absolute atomic E-state index is 13.2. The Morgan fingerprint density at radius 3 is 2.59 bits per heavy atom. The largest absolute Gasteiger partial charge is 0.398 e. The van der Waals surface area contributed by atoms with Crippen LogP contribution in [-0.4, -0.2) is 12.4 Å². The minimum atomic E-state index is -3.77. The van der Waals surface area contributed by atoms with Crippen LogP contribution in [0.5, 0.6) is 0 Å². The van der Waals surface area contributed by atoms with Crippen LogP contribution in [0, 0.1) is 5.82 Å². The third kappa shape index (κ3) is 2.25. The highest BCUT2D eigenvalue weighted by Crippen LogP contribution is 2.25. The van der Waals surface area contributed by atoms with Crippen molar-refractivity contribution < 1.29 is 12.8 Å². The zero-order valence-electron chi connectivity index (χ0n) is 12.0. The number of nitrogens with zero attached hydrogens (tertiary/aromatic N) is 1. The predicted octanol–water partition coefficient (Wildman–Crippen LogP) is 3.16. The van der Waals surface area contributed by atoms with E-state index in [1.807, 2.05) is 6.92 Å². The molecule has 0 saturated heterocycles. The summed E-state index contributed by atoms with van der Waals surface area (Å²) >= 11 is 0. The molecule has 3 rings (SSSR count). The van der Waals surface area contributed by atoms with Gasteiger partial charge in [-0.15, -0.1) is 0 Å². The lowest BCUT2D eigenvalue weighted by Gasteiger charge is -2.10. The van der Waals surface area contributed by atoms with Gasteiger partial charge in [-0.1, -0.05) is 13.0 Å². The molecular weight excluding hydrogens is 303 g/mol. The number of halogens is 1. The number of aromatic nitrogens is 1. The van der Waals surface area contributed by atoms with Crippen LogP contribution in [0.1, 0.15) is 12.5 Å². The van der Waals surface area contributed by atoms with Crippen LogP contribution >= 0.6 is 0 Å². The number of rotatable bonds is 3. The molecule has 0 saturated carbocycles. The lowest BCUT2D eigenvalue weighted by molar-refractivity contribution is 0.589. The van der Waals surface area contributed by atoms with Gasteiger partial charge >= 0.3 is 0 Å². The van der Waals surface area contributed by atoms with Gasteiger partial charge < -0.3 is 5.73 Å². The Morgan fingerprint density at radius 2 is 1.91 bits per heavy atom. The Morgan fingerprint density at radius 1 is 1.14 bits per heavy atom. The normalized spacial score (nSPS) is 11.9. The average Bonchev–Trinajstić information content (AvgIpc) is 2.90. The summed E-state index contributed by atoms with van der Waals surface area (Å²) in [6, 6.07) is 10.3. The van der Waals surface area contributed by atoms with E-state index in [1.165, 1.54) is 30.5 Å². The number of hydrogen-bond donors (Lipinski definition) is 1. The second kappa shape index (κ2) is 5.14. The van der Waals surface area contributed by atoms with Crippen molar-refractivity contribution >= 4 is 26.6 Å². The third-order valence-corrected chi connectivity index (χ3v) is 5.36. The molecule has 1 heterocycles. The number of benzene rings is 2. The maximum atomic E-state index is 13.2. The summed E-state index contributed by atoms with van der Waals surface area (Å²) < 4.78 is 39.9. The fourth-order valence-electron chi connectivity index (χ4n) is 2.47. The highest BCUT2D eigenvalue weighted by Gasteiger charge is 2.19. The summed E-state index contributed by atoms with van der Waals surface area (Å²) in [5, 5.41) is 0.529. The van der Waals surface area contributed by atoms with Crippen molar-refractivity contribution in [1.82, 2.24) is 3.97 Å². The van der Waals surface area contributed by atoms with Gasteiger partial charge in [0.25, 0.3) is 10.0 Å². The van der Waals surface area contributed by atoms with E-state index in [1.54, 1.807) is 18.2 Å². The van der Waals surface area contributed by atoms with E-state index in [0.717, 1.165) is 16.0 Å². The second-order valence-electron chi connectivity index (χ2n) is 5.03. The number of hydrogen-bond acceptors (Lipinski definition) is 3. The number of anilines is 1. The molecule has 0 radical (unpaired) electrons. The first kappa shape index (κ1) is 14.6. The first-order valence-electron chi connectivity index (χ1n) is 6.84. The number of aryl methyl sites for hydroxylation is 1. The molecule has 22 heavy (non-hydrogen) atoms. The van der Waals surface area contributed by atoms with Gasteiger partial charge in [0.15, 0.2) is 0 Å². The highest BCUT2D eigenvalue weighted by molar-refractivity contribution is 7.90. The van der Waals surface area contributed by atoms with E-state index in [2.05, 4.69) is 0 Å². The summed E-state index contributed by atoms with van der Waals surface area (Å²) in [5.41, 5.74) is 7.67. The van der Waals surface area contributed by atoms with Crippen molar-refractivity contribution in [1.29, 1.82) is 0 Å². The standard InChI is InChI=1S/C16H15FN2O2S/c1-2-11-3-5-14(10-15(11)18)22(20,21)19-8-7-12-9-13(17)4-6-16(12)19/h3-10H,2,18H2,1H3. The zero-order valence-corrected chi connectivity index (χ0v) is 12.8. The van der Waals surface area contributed by atoms with Gasteiger partial charge in [0.2, 0.25) is 0 Å². The Kier molecular flexibility index (Phi) is 3.41. The molecule has 0 aliphatic carbocycles. The monoisotopic (exact) mass is 318 g/mol. The van der Waals surface area contributed by atoms with Crippen molar-refractivity contribution in [2.45, 2.75) is 18.2 Å². The Labute approximate surface area is 128 Å². The van der Waals surface area contributed by atoms with Crippen LogP contribution < -0.4 is 5.73 Å². The number of nitrogen functional groups attached to an aromatic ring is 1. The smallest absolute Gasteiger partial charge is 0.268 e. The van der Waals surface area contributed by atoms with Gasteiger partial charge in [-0.05, 0) is 48.4 Å². The molecule has 4 nitrogen and oxygen atoms in total. The quantitative estimate of drug-likeness (QED) is 0.754. The minimum absolute atomic E-state index is 0.115. The zero-order chi connectivity index (χ0) is 15.9. The lowest BCUT2D eigenvalue weighted by atomic mass is 10.1. The van der Waals surface area contributed by atoms with Gasteiger partial charge in [0.1, 0.15) is 5.82 Å². The van der Waals surface area contributed by atoms with E-state index in [4.69, 9.17) is 5.73 Å². The molecule has 0 atom stereocenters. The van der Waals surface area contributed by atoms with Gasteiger partial charge in [-0.3, -0.25) is 0 Å². The van der Waals surface area contributed by atoms with E-state index in [0.29, 0.717) is 16.6 Å². The van der Waals surface area contributed by atoms with E-state index >= 15 is 0 Å². The molecule has 114 valence electrons. The SMILES string of the molecule is CCc1ccc(S(=O)(=O)n2ccc3cc(F)ccc32)cc1N. The Hall–Kier alpha value is -2.34. The molecule has 0 unspecified atom stereocenters. The molecule has 0 aliphatic heterocycles. The molecule has 0 amide bonds. The van der Waals surface area contributed by atoms with Gasteiger partial charge in [-0.25, -0.2) is 16.8 Å². The van der Waals surface area contributed by atoms with Gasteiger partial charge in [0.05, 0.1) is 10.4 Å². The molecule has 1 aromatic heterocycles. The number of fused-ring (bicyclic) bond motifs is 1. The van der Waals surface area contributed by atoms with Crippen molar-refractivity contribution in [3.8, 4) is 0 Å². The fourth-order valence-corrected chi connectivity index (χ4v) is 3.86. The van der Waals surface area contributed by atoms with Crippen molar-refractivity contribution in [3.63, 3.8) is 0 Å². The van der Waals surface area contributed by atoms with Crippen molar-refractivity contribution in [3.05, 3.63) is 60.0 Å². The molecule has 0 spiro atoms. The molecule has 0 aliphatic rings. The van der Waals surface area contributed by atoms with E-state index < -0.39 is 15.8 Å². The summed E-state index contributed by atoms with van der Waals surface area (Å²) in [5.74, 6) is -0.404. The molecule has 2 aromatic carbocycles. The van der Waals surface area contributed by atoms with Gasteiger partial charge in [-0.2, -0.15) is 0 Å². The summed E-state index contributed by atoms with van der Waals surface area (Å²) in [4.78, 5) is 0.115. The third-order valence-electron chi connectivity index (χ3n) is 3.67. The topological polar surface area (TPSA) is 65.1 Å². The van der Waals surface area contributed by atoms with Crippen LogP contribution in [0.3, 0.4) is 0 Å². The van der Waals surface area contributed by atoms with Crippen molar-refractivity contribution in [2.75, 3.05) is 5.73 Å². The predicted molar refractivity (Wildman–Crippen MR) is 84.7 cm³/mol. The molecule has 2 N–H and O–H groups in total. The Bertz CT molecular complexity index is 961. The Balaban J connectivity index is 2.18. The van der Waals surface area contributed by atoms with Crippen LogP contribution in [0.25, 0.3) is 10.9 Å².